The number of rotatable bonds is 5. The molecule has 0 saturated heterocycles. The Morgan fingerprint density at radius 2 is 2.27 bits per heavy atom. The molecular formula is C8H15NO2. The first-order valence-electron chi connectivity index (χ1n) is 3.75. The van der Waals surface area contributed by atoms with Crippen LogP contribution in [0.2, 0.25) is 0 Å². The predicted molar refractivity (Wildman–Crippen MR) is 44.3 cm³/mol. The lowest BCUT2D eigenvalue weighted by molar-refractivity contribution is -0.137. The zero-order valence-electron chi connectivity index (χ0n) is 7.08. The summed E-state index contributed by atoms with van der Waals surface area (Å²) >= 11 is 0. The Kier molecular flexibility index (Phi) is 5.25. The molecule has 0 radical (unpaired) electrons. The predicted octanol–water partition coefficient (Wildman–Crippen LogP) is 1.32. The van der Waals surface area contributed by atoms with Gasteiger partial charge in [-0.05, 0) is 12.6 Å². The molecule has 0 aliphatic rings. The Labute approximate surface area is 67.3 Å². The number of likely N-dealkylation sites (N-methyl/N-ethyl adjacent to an activating group) is 1. The van der Waals surface area contributed by atoms with Gasteiger partial charge in [0, 0.05) is 7.05 Å². The summed E-state index contributed by atoms with van der Waals surface area (Å²) in [5.41, 5.74) is 0. The van der Waals surface area contributed by atoms with Crippen molar-refractivity contribution in [3.05, 3.63) is 12.3 Å². The smallest absolute Gasteiger partial charge is 0.323 e. The van der Waals surface area contributed by atoms with Crippen LogP contribution in [0.5, 0.6) is 0 Å². The second-order valence-corrected chi connectivity index (χ2v) is 2.48. The molecule has 3 nitrogen and oxygen atoms in total. The lowest BCUT2D eigenvalue weighted by atomic mass is 10.3. The van der Waals surface area contributed by atoms with Gasteiger partial charge >= 0.3 is 5.97 Å². The van der Waals surface area contributed by atoms with Gasteiger partial charge in [0.1, 0.15) is 6.54 Å². The Balaban J connectivity index is 3.50. The number of hydrogen-bond donors (Lipinski definition) is 1. The van der Waals surface area contributed by atoms with Gasteiger partial charge in [0.2, 0.25) is 0 Å². The highest BCUT2D eigenvalue weighted by atomic mass is 16.4. The third-order valence-electron chi connectivity index (χ3n) is 1.20. The minimum atomic E-state index is -0.798. The number of hydrogen-bond acceptors (Lipinski definition) is 2. The van der Waals surface area contributed by atoms with E-state index in [-0.39, 0.29) is 6.54 Å². The highest BCUT2D eigenvalue weighted by molar-refractivity contribution is 5.69. The third kappa shape index (κ3) is 6.90. The number of carbonyl (C=O) groups is 1. The molecule has 0 aliphatic carbocycles. The molecule has 0 spiro atoms. The number of carboxylic acids is 1. The first kappa shape index (κ1) is 10.0. The van der Waals surface area contributed by atoms with E-state index in [0.29, 0.717) is 0 Å². The molecule has 0 atom stereocenters. The Morgan fingerprint density at radius 1 is 1.64 bits per heavy atom. The monoisotopic (exact) mass is 157 g/mol. The van der Waals surface area contributed by atoms with Gasteiger partial charge < -0.3 is 10.0 Å². The minimum Gasteiger partial charge on any atom is -0.480 e. The van der Waals surface area contributed by atoms with Gasteiger partial charge in [-0.1, -0.05) is 19.4 Å². The zero-order valence-corrected chi connectivity index (χ0v) is 7.08. The molecule has 0 rings (SSSR count). The molecule has 0 aromatic carbocycles. The molecule has 64 valence electrons. The lowest BCUT2D eigenvalue weighted by Crippen LogP contribution is -2.19. The van der Waals surface area contributed by atoms with Gasteiger partial charge in [-0.2, -0.15) is 0 Å². The molecule has 3 heteroatoms. The molecule has 11 heavy (non-hydrogen) atoms. The summed E-state index contributed by atoms with van der Waals surface area (Å²) in [4.78, 5) is 11.8. The van der Waals surface area contributed by atoms with Gasteiger partial charge in [0.25, 0.3) is 0 Å². The van der Waals surface area contributed by atoms with Crippen LogP contribution in [0, 0.1) is 0 Å². The lowest BCUT2D eigenvalue weighted by Gasteiger charge is -2.08. The molecule has 0 saturated carbocycles. The van der Waals surface area contributed by atoms with Gasteiger partial charge in [0.15, 0.2) is 0 Å². The van der Waals surface area contributed by atoms with Gasteiger partial charge in [-0.25, -0.2) is 0 Å². The molecule has 0 aromatic rings. The SMILES string of the molecule is CCCC=CN(C)CC(=O)O. The van der Waals surface area contributed by atoms with E-state index < -0.39 is 5.97 Å². The van der Waals surface area contributed by atoms with Crippen LogP contribution in [-0.4, -0.2) is 29.6 Å². The van der Waals surface area contributed by atoms with E-state index in [9.17, 15) is 4.79 Å². The van der Waals surface area contributed by atoms with Crippen molar-refractivity contribution in [2.45, 2.75) is 19.8 Å². The number of unbranched alkanes of at least 4 members (excludes halogenated alkanes) is 1. The van der Waals surface area contributed by atoms with Crippen LogP contribution in [0.15, 0.2) is 12.3 Å². The van der Waals surface area contributed by atoms with Gasteiger partial charge in [0.05, 0.1) is 0 Å². The van der Waals surface area contributed by atoms with Crippen molar-refractivity contribution in [2.75, 3.05) is 13.6 Å². The molecule has 0 bridgehead atoms. The molecule has 0 aromatic heterocycles. The van der Waals surface area contributed by atoms with Crippen molar-refractivity contribution in [3.8, 4) is 0 Å². The second kappa shape index (κ2) is 5.77. The maximum Gasteiger partial charge on any atom is 0.323 e. The Bertz CT molecular complexity index is 143. The van der Waals surface area contributed by atoms with Gasteiger partial charge in [-0.3, -0.25) is 4.79 Å². The Morgan fingerprint density at radius 3 is 2.73 bits per heavy atom. The van der Waals surface area contributed by atoms with E-state index in [1.165, 1.54) is 0 Å². The fourth-order valence-corrected chi connectivity index (χ4v) is 0.687. The molecular weight excluding hydrogens is 142 g/mol. The van der Waals surface area contributed by atoms with Crippen molar-refractivity contribution >= 4 is 5.97 Å². The first-order chi connectivity index (χ1) is 5.16. The van der Waals surface area contributed by atoms with Crippen molar-refractivity contribution in [1.82, 2.24) is 4.90 Å². The summed E-state index contributed by atoms with van der Waals surface area (Å²) < 4.78 is 0. The second-order valence-electron chi connectivity index (χ2n) is 2.48. The van der Waals surface area contributed by atoms with Crippen LogP contribution in [-0.2, 0) is 4.79 Å². The van der Waals surface area contributed by atoms with Crippen LogP contribution >= 0.6 is 0 Å². The van der Waals surface area contributed by atoms with E-state index in [4.69, 9.17) is 5.11 Å². The van der Waals surface area contributed by atoms with Crippen molar-refractivity contribution in [1.29, 1.82) is 0 Å². The molecule has 0 heterocycles. The van der Waals surface area contributed by atoms with Crippen molar-refractivity contribution in [3.63, 3.8) is 0 Å². The summed E-state index contributed by atoms with van der Waals surface area (Å²) in [5.74, 6) is -0.798. The summed E-state index contributed by atoms with van der Waals surface area (Å²) in [6.45, 7) is 2.15. The fraction of sp³-hybridized carbons (Fsp3) is 0.625. The average Bonchev–Trinajstić information content (AvgIpc) is 1.86. The van der Waals surface area contributed by atoms with E-state index in [1.54, 1.807) is 18.1 Å². The molecule has 0 amide bonds. The molecule has 1 N–H and O–H groups in total. The van der Waals surface area contributed by atoms with Crippen LogP contribution < -0.4 is 0 Å². The van der Waals surface area contributed by atoms with Crippen LogP contribution in [0.3, 0.4) is 0 Å². The zero-order chi connectivity index (χ0) is 8.69. The summed E-state index contributed by atoms with van der Waals surface area (Å²) in [6, 6.07) is 0. The fourth-order valence-electron chi connectivity index (χ4n) is 0.687. The highest BCUT2D eigenvalue weighted by Crippen LogP contribution is 1.90. The van der Waals surface area contributed by atoms with Gasteiger partial charge in [-0.15, -0.1) is 0 Å². The normalized spacial score (nSPS) is 10.4. The molecule has 0 unspecified atom stereocenters. The minimum absolute atomic E-state index is 0.0697. The number of allylic oxidation sites excluding steroid dienone is 1. The third-order valence-corrected chi connectivity index (χ3v) is 1.20. The van der Waals surface area contributed by atoms with E-state index in [1.807, 2.05) is 6.08 Å². The maximum atomic E-state index is 10.2. The topological polar surface area (TPSA) is 40.5 Å². The number of aliphatic carboxylic acids is 1. The van der Waals surface area contributed by atoms with E-state index in [0.717, 1.165) is 12.8 Å². The average molecular weight is 157 g/mol. The summed E-state index contributed by atoms with van der Waals surface area (Å²) in [5, 5.41) is 8.36. The maximum absolute atomic E-state index is 10.2. The number of carboxylic acid groups (broad SMARTS) is 1. The standard InChI is InChI=1S/C8H15NO2/c1-3-4-5-6-9(2)7-8(10)11/h5-6H,3-4,7H2,1-2H3,(H,10,11). The summed E-state index contributed by atoms with van der Waals surface area (Å²) in [6.07, 6.45) is 5.88. The number of nitrogens with zero attached hydrogens (tertiary/aromatic N) is 1. The van der Waals surface area contributed by atoms with Crippen LogP contribution in [0.25, 0.3) is 0 Å². The van der Waals surface area contributed by atoms with Crippen LogP contribution in [0.1, 0.15) is 19.8 Å². The first-order valence-corrected chi connectivity index (χ1v) is 3.75. The van der Waals surface area contributed by atoms with E-state index in [2.05, 4.69) is 6.92 Å². The Hall–Kier alpha value is -0.990. The summed E-state index contributed by atoms with van der Waals surface area (Å²) in [7, 11) is 1.75. The van der Waals surface area contributed by atoms with E-state index >= 15 is 0 Å². The van der Waals surface area contributed by atoms with Crippen LogP contribution in [0.4, 0.5) is 0 Å². The molecule has 0 aliphatic heterocycles. The highest BCUT2D eigenvalue weighted by Gasteiger charge is 1.96. The van der Waals surface area contributed by atoms with Crippen molar-refractivity contribution < 1.29 is 9.90 Å². The largest absolute Gasteiger partial charge is 0.480 e. The molecule has 0 fully saturated rings. The quantitative estimate of drug-likeness (QED) is 0.654. The van der Waals surface area contributed by atoms with Crippen molar-refractivity contribution in [2.24, 2.45) is 0 Å².